The molecule has 0 saturated heterocycles. The highest BCUT2D eigenvalue weighted by Gasteiger charge is 2.23. The number of hydrogen-bond acceptors (Lipinski definition) is 3. The Balaban J connectivity index is 2.98. The number of sulfonamides is 1. The zero-order valence-corrected chi connectivity index (χ0v) is 12.5. The van der Waals surface area contributed by atoms with Crippen molar-refractivity contribution in [3.05, 3.63) is 28.5 Å². The summed E-state index contributed by atoms with van der Waals surface area (Å²) in [5, 5.41) is 9.15. The molecule has 0 fully saturated rings. The summed E-state index contributed by atoms with van der Waals surface area (Å²) in [7, 11) is -2.25. The highest BCUT2D eigenvalue weighted by atomic mass is 79.9. The fourth-order valence-corrected chi connectivity index (χ4v) is 3.53. The van der Waals surface area contributed by atoms with Gasteiger partial charge in [-0.15, -0.1) is 0 Å². The van der Waals surface area contributed by atoms with Gasteiger partial charge < -0.3 is 5.11 Å². The summed E-state index contributed by atoms with van der Waals surface area (Å²) in [4.78, 5) is 0.0111. The van der Waals surface area contributed by atoms with Crippen LogP contribution in [0.4, 0.5) is 4.39 Å². The Morgan fingerprint density at radius 1 is 1.50 bits per heavy atom. The van der Waals surface area contributed by atoms with Gasteiger partial charge >= 0.3 is 0 Å². The molecule has 0 aliphatic heterocycles. The normalized spacial score (nSPS) is 13.9. The maximum atomic E-state index is 12.9. The molecule has 1 aromatic rings. The molecule has 1 N–H and O–H groups in total. The maximum absolute atomic E-state index is 12.9. The Labute approximate surface area is 115 Å². The van der Waals surface area contributed by atoms with Crippen molar-refractivity contribution in [2.75, 3.05) is 13.6 Å². The van der Waals surface area contributed by atoms with E-state index in [1.54, 1.807) is 6.92 Å². The fraction of sp³-hybridized carbons (Fsp3) is 0.455. The van der Waals surface area contributed by atoms with Crippen LogP contribution in [0.1, 0.15) is 13.3 Å². The average molecular weight is 340 g/mol. The number of halogens is 2. The van der Waals surface area contributed by atoms with E-state index in [1.807, 2.05) is 0 Å². The number of nitrogens with zero attached hydrogens (tertiary/aromatic N) is 1. The number of aliphatic hydroxyl groups is 1. The minimum atomic E-state index is -3.67. The highest BCUT2D eigenvalue weighted by Crippen LogP contribution is 2.25. The molecule has 1 unspecified atom stereocenters. The van der Waals surface area contributed by atoms with Gasteiger partial charge in [-0.2, -0.15) is 0 Å². The molecule has 7 heteroatoms. The molecule has 0 heterocycles. The lowest BCUT2D eigenvalue weighted by molar-refractivity contribution is 0.177. The van der Waals surface area contributed by atoms with E-state index in [4.69, 9.17) is 5.11 Å². The van der Waals surface area contributed by atoms with Gasteiger partial charge in [0.2, 0.25) is 10.0 Å². The fourth-order valence-electron chi connectivity index (χ4n) is 1.34. The van der Waals surface area contributed by atoms with Crippen LogP contribution in [0.5, 0.6) is 0 Å². The molecule has 1 atom stereocenters. The summed E-state index contributed by atoms with van der Waals surface area (Å²) in [6.45, 7) is 1.79. The first kappa shape index (κ1) is 15.6. The molecule has 4 nitrogen and oxygen atoms in total. The first-order valence-electron chi connectivity index (χ1n) is 5.34. The van der Waals surface area contributed by atoms with Crippen molar-refractivity contribution >= 4 is 26.0 Å². The molecule has 0 spiro atoms. The van der Waals surface area contributed by atoms with Gasteiger partial charge in [-0.1, -0.05) is 0 Å². The van der Waals surface area contributed by atoms with Crippen LogP contribution in [0.2, 0.25) is 0 Å². The van der Waals surface area contributed by atoms with Gasteiger partial charge in [-0.05, 0) is 47.5 Å². The van der Waals surface area contributed by atoms with E-state index in [-0.39, 0.29) is 15.9 Å². The van der Waals surface area contributed by atoms with E-state index in [9.17, 15) is 12.8 Å². The van der Waals surface area contributed by atoms with Crippen LogP contribution in [0.25, 0.3) is 0 Å². The quantitative estimate of drug-likeness (QED) is 0.892. The van der Waals surface area contributed by atoms with Crippen molar-refractivity contribution in [2.45, 2.75) is 24.3 Å². The molecule has 0 bridgehead atoms. The van der Waals surface area contributed by atoms with E-state index in [2.05, 4.69) is 15.9 Å². The lowest BCUT2D eigenvalue weighted by Crippen LogP contribution is -2.29. The zero-order chi connectivity index (χ0) is 13.9. The lowest BCUT2D eigenvalue weighted by Gasteiger charge is -2.18. The predicted molar refractivity (Wildman–Crippen MR) is 70.2 cm³/mol. The Bertz CT molecular complexity index is 519. The molecular weight excluding hydrogens is 325 g/mol. The van der Waals surface area contributed by atoms with Gasteiger partial charge in [0.15, 0.2) is 0 Å². The number of hydrogen-bond donors (Lipinski definition) is 1. The monoisotopic (exact) mass is 339 g/mol. The van der Waals surface area contributed by atoms with Gasteiger partial charge in [-0.25, -0.2) is 17.1 Å². The Hall–Kier alpha value is -0.500. The summed E-state index contributed by atoms with van der Waals surface area (Å²) in [5.74, 6) is -0.507. The minimum absolute atomic E-state index is 0.0111. The van der Waals surface area contributed by atoms with Crippen molar-refractivity contribution in [2.24, 2.45) is 0 Å². The van der Waals surface area contributed by atoms with Crippen LogP contribution in [-0.2, 0) is 10.0 Å². The third kappa shape index (κ3) is 3.74. The Morgan fingerprint density at radius 3 is 2.61 bits per heavy atom. The number of rotatable bonds is 5. The largest absolute Gasteiger partial charge is 0.393 e. The average Bonchev–Trinajstić information content (AvgIpc) is 2.24. The second-order valence-corrected chi connectivity index (χ2v) is 6.91. The molecule has 0 saturated carbocycles. The molecule has 1 rings (SSSR count). The van der Waals surface area contributed by atoms with Gasteiger partial charge in [-0.3, -0.25) is 0 Å². The zero-order valence-electron chi connectivity index (χ0n) is 10.1. The summed E-state index contributed by atoms with van der Waals surface area (Å²) in [6, 6.07) is 3.42. The SMILES string of the molecule is CC(O)CCN(C)S(=O)(=O)c1ccc(F)cc1Br. The third-order valence-electron chi connectivity index (χ3n) is 2.44. The van der Waals surface area contributed by atoms with Crippen LogP contribution in [0.15, 0.2) is 27.6 Å². The molecule has 18 heavy (non-hydrogen) atoms. The number of benzene rings is 1. The standard InChI is InChI=1S/C11H15BrFNO3S/c1-8(15)5-6-14(2)18(16,17)11-4-3-9(13)7-10(11)12/h3-4,7-8,15H,5-6H2,1-2H3. The maximum Gasteiger partial charge on any atom is 0.243 e. The van der Waals surface area contributed by atoms with E-state index in [1.165, 1.54) is 13.1 Å². The smallest absolute Gasteiger partial charge is 0.243 e. The van der Waals surface area contributed by atoms with E-state index >= 15 is 0 Å². The van der Waals surface area contributed by atoms with Crippen LogP contribution < -0.4 is 0 Å². The van der Waals surface area contributed by atoms with Crippen molar-refractivity contribution in [3.63, 3.8) is 0 Å². The van der Waals surface area contributed by atoms with E-state index in [0.717, 1.165) is 16.4 Å². The van der Waals surface area contributed by atoms with Crippen molar-refractivity contribution in [1.29, 1.82) is 0 Å². The molecule has 0 aliphatic rings. The Kier molecular flexibility index (Phi) is 5.27. The van der Waals surface area contributed by atoms with Crippen LogP contribution >= 0.6 is 15.9 Å². The van der Waals surface area contributed by atoms with Crippen LogP contribution in [0.3, 0.4) is 0 Å². The Morgan fingerprint density at radius 2 is 2.11 bits per heavy atom. The van der Waals surface area contributed by atoms with Gasteiger partial charge in [0, 0.05) is 18.1 Å². The van der Waals surface area contributed by atoms with Gasteiger partial charge in [0.25, 0.3) is 0 Å². The van der Waals surface area contributed by atoms with Gasteiger partial charge in [0.1, 0.15) is 5.82 Å². The number of aliphatic hydroxyl groups excluding tert-OH is 1. The predicted octanol–water partition coefficient (Wildman–Crippen LogP) is 1.98. The summed E-state index contributed by atoms with van der Waals surface area (Å²) in [5.41, 5.74) is 0. The van der Waals surface area contributed by atoms with E-state index < -0.39 is 21.9 Å². The molecule has 0 radical (unpaired) electrons. The first-order valence-corrected chi connectivity index (χ1v) is 7.58. The van der Waals surface area contributed by atoms with E-state index in [0.29, 0.717) is 6.42 Å². The van der Waals surface area contributed by atoms with Crippen molar-refractivity contribution in [1.82, 2.24) is 4.31 Å². The molecule has 102 valence electrons. The molecule has 0 aromatic heterocycles. The van der Waals surface area contributed by atoms with Crippen LogP contribution in [-0.4, -0.2) is 37.5 Å². The van der Waals surface area contributed by atoms with Crippen molar-refractivity contribution < 1.29 is 17.9 Å². The molecule has 0 amide bonds. The summed E-state index contributed by atoms with van der Waals surface area (Å²) in [6.07, 6.45) is -0.228. The topological polar surface area (TPSA) is 57.6 Å². The second-order valence-electron chi connectivity index (χ2n) is 4.04. The van der Waals surface area contributed by atoms with Crippen LogP contribution in [0, 0.1) is 5.82 Å². The van der Waals surface area contributed by atoms with Crippen molar-refractivity contribution in [3.8, 4) is 0 Å². The minimum Gasteiger partial charge on any atom is -0.393 e. The summed E-state index contributed by atoms with van der Waals surface area (Å²) >= 11 is 3.04. The molecular formula is C11H15BrFNO3S. The highest BCUT2D eigenvalue weighted by molar-refractivity contribution is 9.10. The third-order valence-corrected chi connectivity index (χ3v) is 5.28. The molecule has 0 aliphatic carbocycles. The lowest BCUT2D eigenvalue weighted by atomic mass is 10.3. The first-order chi connectivity index (χ1) is 8.25. The second kappa shape index (κ2) is 6.10. The van der Waals surface area contributed by atoms with Gasteiger partial charge in [0.05, 0.1) is 11.0 Å². The summed E-state index contributed by atoms with van der Waals surface area (Å²) < 4.78 is 38.6. The molecule has 1 aromatic carbocycles.